The molecule has 5 aromatic rings. The molecule has 0 radical (unpaired) electrons. The Balaban J connectivity index is 1.12. The van der Waals surface area contributed by atoms with Gasteiger partial charge < -0.3 is 29.4 Å². The van der Waals surface area contributed by atoms with E-state index in [0.29, 0.717) is 35.9 Å². The topological polar surface area (TPSA) is 131 Å². The number of hydrogen-bond donors (Lipinski definition) is 3. The van der Waals surface area contributed by atoms with Crippen molar-refractivity contribution in [2.24, 2.45) is 0 Å². The minimum atomic E-state index is -0.645. The Labute approximate surface area is 308 Å². The quantitative estimate of drug-likeness (QED) is 0.0638. The lowest BCUT2D eigenvalue weighted by atomic mass is 10.0. The predicted molar refractivity (Wildman–Crippen MR) is 201 cm³/mol. The third-order valence-electron chi connectivity index (χ3n) is 8.95. The summed E-state index contributed by atoms with van der Waals surface area (Å²) in [5.41, 5.74) is 6.08. The number of benzene rings is 4. The van der Waals surface area contributed by atoms with E-state index in [-0.39, 0.29) is 30.5 Å². The molecule has 1 aromatic heterocycles. The van der Waals surface area contributed by atoms with E-state index < -0.39 is 12.9 Å². The molecule has 3 atom stereocenters. The molecule has 1 amide bonds. The minimum Gasteiger partial charge on any atom is -0.431 e. The molecular formula is C42H44N2O7S. The summed E-state index contributed by atoms with van der Waals surface area (Å²) < 4.78 is 19.5. The monoisotopic (exact) mass is 720 g/mol. The van der Waals surface area contributed by atoms with Crippen molar-refractivity contribution >= 4 is 29.1 Å². The molecule has 1 saturated heterocycles. The van der Waals surface area contributed by atoms with Crippen molar-refractivity contribution in [1.82, 2.24) is 4.98 Å². The van der Waals surface area contributed by atoms with Crippen LogP contribution >= 0.6 is 11.8 Å². The van der Waals surface area contributed by atoms with Crippen LogP contribution in [0.25, 0.3) is 22.6 Å². The number of oxazole rings is 1. The van der Waals surface area contributed by atoms with Crippen molar-refractivity contribution in [2.45, 2.75) is 75.3 Å². The third kappa shape index (κ3) is 10.3. The average Bonchev–Trinajstić information content (AvgIpc) is 3.63. The molecule has 3 N–H and O–H groups in total. The molecule has 0 bridgehead atoms. The number of unbranched alkanes of at least 4 members (excludes halogenated alkanes) is 3. The lowest BCUT2D eigenvalue weighted by Crippen LogP contribution is -2.31. The van der Waals surface area contributed by atoms with Crippen LogP contribution in [0.3, 0.4) is 0 Å². The van der Waals surface area contributed by atoms with E-state index in [0.717, 1.165) is 65.0 Å². The summed E-state index contributed by atoms with van der Waals surface area (Å²) in [5.74, 6) is 1.10. The third-order valence-corrected chi connectivity index (χ3v) is 9.91. The van der Waals surface area contributed by atoms with Crippen LogP contribution in [0.4, 0.5) is 5.69 Å². The molecule has 270 valence electrons. The number of thioether (sulfide) groups is 1. The molecule has 2 heterocycles. The van der Waals surface area contributed by atoms with Gasteiger partial charge in [-0.1, -0.05) is 122 Å². The number of aliphatic hydroxyl groups is 2. The van der Waals surface area contributed by atoms with Crippen LogP contribution < -0.4 is 5.32 Å². The number of anilines is 1. The van der Waals surface area contributed by atoms with Gasteiger partial charge in [0.05, 0.1) is 18.8 Å². The molecule has 6 rings (SSSR count). The van der Waals surface area contributed by atoms with Gasteiger partial charge >= 0.3 is 0 Å². The van der Waals surface area contributed by atoms with Gasteiger partial charge in [0.15, 0.2) is 17.8 Å². The number of ketones is 1. The maximum Gasteiger partial charge on any atom is 0.256 e. The molecule has 1 fully saturated rings. The highest BCUT2D eigenvalue weighted by Crippen LogP contribution is 2.41. The van der Waals surface area contributed by atoms with Gasteiger partial charge in [-0.05, 0) is 36.1 Å². The number of amides is 1. The molecule has 1 aliphatic heterocycles. The van der Waals surface area contributed by atoms with Crippen LogP contribution in [0, 0.1) is 0 Å². The number of nitrogens with one attached hydrogen (secondary N) is 1. The van der Waals surface area contributed by atoms with Crippen LogP contribution in [0.15, 0.2) is 119 Å². The van der Waals surface area contributed by atoms with E-state index in [1.807, 2.05) is 109 Å². The predicted octanol–water partition coefficient (Wildman–Crippen LogP) is 8.68. The van der Waals surface area contributed by atoms with Gasteiger partial charge in [0.2, 0.25) is 5.91 Å². The highest BCUT2D eigenvalue weighted by Gasteiger charge is 2.33. The van der Waals surface area contributed by atoms with E-state index in [1.54, 1.807) is 0 Å². The molecule has 0 aliphatic carbocycles. The van der Waals surface area contributed by atoms with Gasteiger partial charge in [0, 0.05) is 47.4 Å². The Morgan fingerprint density at radius 1 is 0.750 bits per heavy atom. The molecule has 0 spiro atoms. The lowest BCUT2D eigenvalue weighted by Gasteiger charge is -2.36. The number of nitrogens with zero attached hydrogens (tertiary/aromatic N) is 1. The summed E-state index contributed by atoms with van der Waals surface area (Å²) in [4.78, 5) is 28.7. The van der Waals surface area contributed by atoms with Crippen molar-refractivity contribution < 1.29 is 33.7 Å². The Hall–Kier alpha value is -4.58. The second-order valence-electron chi connectivity index (χ2n) is 12.8. The highest BCUT2D eigenvalue weighted by molar-refractivity contribution is 7.99. The summed E-state index contributed by atoms with van der Waals surface area (Å²) in [5, 5.41) is 21.9. The molecule has 9 nitrogen and oxygen atoms in total. The number of ether oxygens (including phenoxy) is 2. The largest absolute Gasteiger partial charge is 0.431 e. The van der Waals surface area contributed by atoms with Crippen LogP contribution in [0.2, 0.25) is 0 Å². The van der Waals surface area contributed by atoms with Gasteiger partial charge in [-0.2, -0.15) is 0 Å². The van der Waals surface area contributed by atoms with E-state index in [1.165, 1.54) is 11.8 Å². The molecule has 1 aliphatic rings. The second kappa shape index (κ2) is 18.8. The van der Waals surface area contributed by atoms with E-state index >= 15 is 0 Å². The highest BCUT2D eigenvalue weighted by atomic mass is 32.2. The summed E-state index contributed by atoms with van der Waals surface area (Å²) in [6, 6.07) is 35.3. The number of aliphatic hydroxyl groups excluding tert-OH is 2. The van der Waals surface area contributed by atoms with Crippen molar-refractivity contribution in [3.05, 3.63) is 126 Å². The van der Waals surface area contributed by atoms with Crippen molar-refractivity contribution in [1.29, 1.82) is 0 Å². The fourth-order valence-corrected chi connectivity index (χ4v) is 6.95. The zero-order valence-electron chi connectivity index (χ0n) is 29.0. The van der Waals surface area contributed by atoms with Crippen molar-refractivity contribution in [3.63, 3.8) is 0 Å². The second-order valence-corrected chi connectivity index (χ2v) is 13.8. The summed E-state index contributed by atoms with van der Waals surface area (Å²) in [6.07, 6.45) is 3.46. The van der Waals surface area contributed by atoms with Gasteiger partial charge in [-0.3, -0.25) is 9.59 Å². The lowest BCUT2D eigenvalue weighted by molar-refractivity contribution is -0.245. The van der Waals surface area contributed by atoms with Crippen LogP contribution in [0.5, 0.6) is 0 Å². The van der Waals surface area contributed by atoms with E-state index in [9.17, 15) is 14.7 Å². The van der Waals surface area contributed by atoms with Gasteiger partial charge in [-0.25, -0.2) is 4.98 Å². The molecular weight excluding hydrogens is 677 g/mol. The maximum absolute atomic E-state index is 12.6. The summed E-state index contributed by atoms with van der Waals surface area (Å²) in [7, 11) is 0. The minimum absolute atomic E-state index is 0.0284. The average molecular weight is 721 g/mol. The number of rotatable bonds is 17. The van der Waals surface area contributed by atoms with Gasteiger partial charge in [-0.15, -0.1) is 0 Å². The number of Topliss-reactive ketones (excluding diaryl/α,β-unsaturated/α-hetero) is 1. The standard InChI is InChI=1S/C42H44N2O7S/c45-26-29-17-19-30(20-18-29)37-25-36(28-52-42-44-39(31-11-5-3-6-12-31)40(51-42)32-13-7-4-8-14-32)49-41(50-37)33-21-23-34(24-22-33)43-38(48)16-10-2-1-9-15-35(47)27-46/h3-8,11-14,17-24,36-37,41,45-46H,1-2,9-10,15-16,25-28H2,(H,43,48)/t36-,37+,41+/m1/s1. The van der Waals surface area contributed by atoms with E-state index in [4.69, 9.17) is 24.0 Å². The number of hydrogen-bond acceptors (Lipinski definition) is 9. The van der Waals surface area contributed by atoms with Crippen molar-refractivity contribution in [2.75, 3.05) is 17.7 Å². The van der Waals surface area contributed by atoms with Crippen molar-refractivity contribution in [3.8, 4) is 22.6 Å². The summed E-state index contributed by atoms with van der Waals surface area (Å²) in [6.45, 7) is -0.435. The van der Waals surface area contributed by atoms with Crippen LogP contribution in [-0.2, 0) is 25.7 Å². The Morgan fingerprint density at radius 2 is 1.40 bits per heavy atom. The van der Waals surface area contributed by atoms with Crippen LogP contribution in [0.1, 0.15) is 74.0 Å². The Bertz CT molecular complexity index is 1810. The Morgan fingerprint density at radius 3 is 2.08 bits per heavy atom. The molecule has 4 aromatic carbocycles. The first-order chi connectivity index (χ1) is 25.5. The smallest absolute Gasteiger partial charge is 0.256 e. The first kappa shape index (κ1) is 37.2. The van der Waals surface area contributed by atoms with Crippen LogP contribution in [-0.4, -0.2) is 45.4 Å². The molecule has 10 heteroatoms. The zero-order valence-corrected chi connectivity index (χ0v) is 29.8. The number of aromatic nitrogens is 1. The summed E-state index contributed by atoms with van der Waals surface area (Å²) >= 11 is 1.51. The Kier molecular flexibility index (Phi) is 13.4. The fraction of sp³-hybridized carbons (Fsp3) is 0.310. The fourth-order valence-electron chi connectivity index (χ4n) is 6.11. The number of carbonyl (C=O) groups excluding carboxylic acids is 2. The van der Waals surface area contributed by atoms with E-state index in [2.05, 4.69) is 5.32 Å². The molecule has 52 heavy (non-hydrogen) atoms. The molecule has 0 unspecified atom stereocenters. The maximum atomic E-state index is 12.6. The van der Waals surface area contributed by atoms with Gasteiger partial charge in [0.1, 0.15) is 12.3 Å². The zero-order chi connectivity index (χ0) is 36.1. The normalized spacial score (nSPS) is 17.2. The first-order valence-electron chi connectivity index (χ1n) is 17.8. The van der Waals surface area contributed by atoms with Gasteiger partial charge in [0.25, 0.3) is 5.22 Å². The first-order valence-corrected chi connectivity index (χ1v) is 18.7. The number of carbonyl (C=O) groups is 2. The SMILES string of the molecule is O=C(CO)CCCCCCC(=O)Nc1ccc([C@H]2O[C@@H](CSc3nc(-c4ccccc4)c(-c4ccccc4)o3)C[C@@H](c3ccc(CO)cc3)O2)cc1. The molecule has 0 saturated carbocycles.